The molecule has 1 N–H and O–H groups in total. The zero-order valence-corrected chi connectivity index (χ0v) is 18.2. The van der Waals surface area contributed by atoms with Gasteiger partial charge in [-0.2, -0.15) is 4.31 Å². The van der Waals surface area contributed by atoms with Crippen LogP contribution in [-0.4, -0.2) is 51.5 Å². The third-order valence-electron chi connectivity index (χ3n) is 5.07. The summed E-state index contributed by atoms with van der Waals surface area (Å²) in [6, 6.07) is 13.1. The van der Waals surface area contributed by atoms with E-state index in [0.717, 1.165) is 11.1 Å². The van der Waals surface area contributed by atoms with E-state index in [1.54, 1.807) is 19.2 Å². The highest BCUT2D eigenvalue weighted by Gasteiger charge is 2.39. The predicted octanol–water partition coefficient (Wildman–Crippen LogP) is 2.35. The average Bonchev–Trinajstić information content (AvgIpc) is 2.76. The first-order valence-corrected chi connectivity index (χ1v) is 11.5. The molecule has 1 atom stereocenters. The Hall–Kier alpha value is -2.42. The Bertz CT molecular complexity index is 960. The van der Waals surface area contributed by atoms with Crippen LogP contribution in [0.3, 0.4) is 0 Å². The number of ether oxygens (including phenoxy) is 2. The van der Waals surface area contributed by atoms with Crippen molar-refractivity contribution >= 4 is 15.9 Å². The van der Waals surface area contributed by atoms with Crippen molar-refractivity contribution in [1.82, 2.24) is 9.62 Å². The van der Waals surface area contributed by atoms with Crippen LogP contribution in [0.1, 0.15) is 24.5 Å². The summed E-state index contributed by atoms with van der Waals surface area (Å²) in [5, 5.41) is 2.85. The molecule has 7 nitrogen and oxygen atoms in total. The number of carbonyl (C=O) groups excluding carboxylic acids is 1. The van der Waals surface area contributed by atoms with Crippen LogP contribution in [0.2, 0.25) is 0 Å². The monoisotopic (exact) mass is 432 g/mol. The number of amides is 1. The van der Waals surface area contributed by atoms with Crippen molar-refractivity contribution in [3.63, 3.8) is 0 Å². The smallest absolute Gasteiger partial charge is 0.244 e. The highest BCUT2D eigenvalue weighted by molar-refractivity contribution is 7.89. The molecule has 0 spiro atoms. The second-order valence-corrected chi connectivity index (χ2v) is 8.97. The number of fused-ring (bicyclic) bond motifs is 1. The third kappa shape index (κ3) is 5.00. The molecule has 2 aromatic carbocycles. The van der Waals surface area contributed by atoms with Crippen molar-refractivity contribution in [2.45, 2.75) is 37.2 Å². The van der Waals surface area contributed by atoms with E-state index >= 15 is 0 Å². The molecule has 0 aromatic heterocycles. The summed E-state index contributed by atoms with van der Waals surface area (Å²) in [7, 11) is -2.27. The molecule has 1 unspecified atom stereocenters. The van der Waals surface area contributed by atoms with Gasteiger partial charge in [-0.25, -0.2) is 8.42 Å². The second-order valence-electron chi connectivity index (χ2n) is 7.08. The van der Waals surface area contributed by atoms with Gasteiger partial charge in [-0.3, -0.25) is 4.79 Å². The van der Waals surface area contributed by atoms with Crippen molar-refractivity contribution in [3.8, 4) is 5.75 Å². The molecule has 0 radical (unpaired) electrons. The zero-order valence-electron chi connectivity index (χ0n) is 17.3. The van der Waals surface area contributed by atoms with Crippen LogP contribution in [0.15, 0.2) is 53.4 Å². The lowest BCUT2D eigenvalue weighted by molar-refractivity contribution is -0.125. The summed E-state index contributed by atoms with van der Waals surface area (Å²) in [6.07, 6.45) is 1.000. The van der Waals surface area contributed by atoms with E-state index in [0.29, 0.717) is 38.3 Å². The maximum atomic E-state index is 13.4. The Morgan fingerprint density at radius 3 is 2.50 bits per heavy atom. The minimum Gasteiger partial charge on any atom is -0.494 e. The molecular weight excluding hydrogens is 404 g/mol. The van der Waals surface area contributed by atoms with Crippen LogP contribution in [0.4, 0.5) is 0 Å². The predicted molar refractivity (Wildman–Crippen MR) is 114 cm³/mol. The SMILES string of the molecule is CCOc1ccc(S(=O)(=O)N2Cc3ccccc3CC2C(=O)NCCCOC)cc1. The lowest BCUT2D eigenvalue weighted by atomic mass is 9.95. The lowest BCUT2D eigenvalue weighted by Crippen LogP contribution is -2.52. The first kappa shape index (κ1) is 22.3. The summed E-state index contributed by atoms with van der Waals surface area (Å²) in [5.74, 6) is 0.308. The first-order valence-electron chi connectivity index (χ1n) is 10.1. The number of rotatable bonds is 9. The summed E-state index contributed by atoms with van der Waals surface area (Å²) < 4.78 is 38.6. The van der Waals surface area contributed by atoms with Crippen molar-refractivity contribution in [3.05, 3.63) is 59.7 Å². The Balaban J connectivity index is 1.88. The topological polar surface area (TPSA) is 84.9 Å². The summed E-state index contributed by atoms with van der Waals surface area (Å²) in [6.45, 7) is 3.48. The molecule has 1 aliphatic heterocycles. The van der Waals surface area contributed by atoms with Gasteiger partial charge in [0.2, 0.25) is 15.9 Å². The van der Waals surface area contributed by atoms with E-state index < -0.39 is 16.1 Å². The summed E-state index contributed by atoms with van der Waals surface area (Å²) >= 11 is 0. The molecule has 0 bridgehead atoms. The van der Waals surface area contributed by atoms with Gasteiger partial charge in [0.25, 0.3) is 0 Å². The Morgan fingerprint density at radius 2 is 1.83 bits per heavy atom. The van der Waals surface area contributed by atoms with Gasteiger partial charge in [0.1, 0.15) is 11.8 Å². The normalized spacial score (nSPS) is 16.7. The van der Waals surface area contributed by atoms with E-state index in [4.69, 9.17) is 9.47 Å². The van der Waals surface area contributed by atoms with Gasteiger partial charge in [-0.05, 0) is 55.2 Å². The van der Waals surface area contributed by atoms with Gasteiger partial charge in [-0.15, -0.1) is 0 Å². The van der Waals surface area contributed by atoms with Crippen LogP contribution < -0.4 is 10.1 Å². The molecule has 1 aliphatic rings. The average molecular weight is 433 g/mol. The van der Waals surface area contributed by atoms with Gasteiger partial charge in [0.05, 0.1) is 11.5 Å². The van der Waals surface area contributed by atoms with Crippen molar-refractivity contribution in [1.29, 1.82) is 0 Å². The van der Waals surface area contributed by atoms with E-state index in [1.165, 1.54) is 16.4 Å². The molecule has 162 valence electrons. The highest BCUT2D eigenvalue weighted by atomic mass is 32.2. The van der Waals surface area contributed by atoms with Crippen LogP contribution in [-0.2, 0) is 32.5 Å². The number of hydrogen-bond donors (Lipinski definition) is 1. The third-order valence-corrected chi connectivity index (χ3v) is 6.94. The fraction of sp³-hybridized carbons (Fsp3) is 0.409. The van der Waals surface area contributed by atoms with Gasteiger partial charge in [-0.1, -0.05) is 24.3 Å². The zero-order chi connectivity index (χ0) is 21.6. The van der Waals surface area contributed by atoms with Gasteiger partial charge < -0.3 is 14.8 Å². The highest BCUT2D eigenvalue weighted by Crippen LogP contribution is 2.30. The van der Waals surface area contributed by atoms with E-state index in [1.807, 2.05) is 31.2 Å². The Labute approximate surface area is 178 Å². The molecule has 1 heterocycles. The largest absolute Gasteiger partial charge is 0.494 e. The van der Waals surface area contributed by atoms with Crippen LogP contribution >= 0.6 is 0 Å². The maximum absolute atomic E-state index is 13.4. The van der Waals surface area contributed by atoms with E-state index in [9.17, 15) is 13.2 Å². The molecule has 0 saturated carbocycles. The number of hydrogen-bond acceptors (Lipinski definition) is 5. The molecule has 30 heavy (non-hydrogen) atoms. The van der Waals surface area contributed by atoms with E-state index in [2.05, 4.69) is 5.32 Å². The molecular formula is C22H28N2O5S. The number of sulfonamides is 1. The van der Waals surface area contributed by atoms with E-state index in [-0.39, 0.29) is 17.3 Å². The Kier molecular flexibility index (Phi) is 7.47. The van der Waals surface area contributed by atoms with Gasteiger partial charge in [0.15, 0.2) is 0 Å². The Morgan fingerprint density at radius 1 is 1.13 bits per heavy atom. The maximum Gasteiger partial charge on any atom is 0.244 e. The fourth-order valence-corrected chi connectivity index (χ4v) is 5.10. The van der Waals surface area contributed by atoms with Crippen molar-refractivity contribution < 1.29 is 22.7 Å². The lowest BCUT2D eigenvalue weighted by Gasteiger charge is -2.35. The first-order chi connectivity index (χ1) is 14.5. The molecule has 1 amide bonds. The molecule has 3 rings (SSSR count). The minimum absolute atomic E-state index is 0.141. The van der Waals surface area contributed by atoms with Crippen molar-refractivity contribution in [2.75, 3.05) is 26.9 Å². The quantitative estimate of drug-likeness (QED) is 0.615. The number of carbonyl (C=O) groups is 1. The molecule has 0 saturated heterocycles. The van der Waals surface area contributed by atoms with Crippen LogP contribution in [0, 0.1) is 0 Å². The number of benzene rings is 2. The van der Waals surface area contributed by atoms with Gasteiger partial charge >= 0.3 is 0 Å². The fourth-order valence-electron chi connectivity index (χ4n) is 3.53. The number of nitrogens with zero attached hydrogens (tertiary/aromatic N) is 1. The van der Waals surface area contributed by atoms with Crippen LogP contribution in [0.25, 0.3) is 0 Å². The van der Waals surface area contributed by atoms with Gasteiger partial charge in [0, 0.05) is 26.8 Å². The standard InChI is InChI=1S/C22H28N2O5S/c1-3-29-19-9-11-20(12-10-19)30(26,27)24-16-18-8-5-4-7-17(18)15-21(24)22(25)23-13-6-14-28-2/h4-5,7-12,21H,3,6,13-16H2,1-2H3,(H,23,25). The molecule has 2 aromatic rings. The molecule has 0 fully saturated rings. The molecule has 8 heteroatoms. The van der Waals surface area contributed by atoms with Crippen LogP contribution in [0.5, 0.6) is 5.75 Å². The molecule has 0 aliphatic carbocycles. The number of methoxy groups -OCH3 is 1. The van der Waals surface area contributed by atoms with Crippen molar-refractivity contribution in [2.24, 2.45) is 0 Å². The number of nitrogens with one attached hydrogen (secondary N) is 1. The second kappa shape index (κ2) is 10.1. The summed E-state index contributed by atoms with van der Waals surface area (Å²) in [4.78, 5) is 13.1. The summed E-state index contributed by atoms with van der Waals surface area (Å²) in [5.41, 5.74) is 1.91. The minimum atomic E-state index is -3.87.